The van der Waals surface area contributed by atoms with Gasteiger partial charge in [-0.1, -0.05) is 6.92 Å². The highest BCUT2D eigenvalue weighted by Crippen LogP contribution is 2.32. The lowest BCUT2D eigenvalue weighted by molar-refractivity contribution is 0.190. The first-order valence-corrected chi connectivity index (χ1v) is 6.27. The van der Waals surface area contributed by atoms with Crippen molar-refractivity contribution in [3.63, 3.8) is 0 Å². The second-order valence-corrected chi connectivity index (χ2v) is 5.25. The van der Waals surface area contributed by atoms with Gasteiger partial charge in [0.15, 0.2) is 0 Å². The number of hydrogen-bond acceptors (Lipinski definition) is 3. The first kappa shape index (κ1) is 11.4. The zero-order valence-electron chi connectivity index (χ0n) is 9.78. The van der Waals surface area contributed by atoms with E-state index in [4.69, 9.17) is 4.42 Å². The highest BCUT2D eigenvalue weighted by atomic mass is 32.1. The lowest BCUT2D eigenvalue weighted by Crippen LogP contribution is -1.96. The number of thiophene rings is 1. The standard InChI is InChI=1S/C13H16O2S/c1-4-10-5-6-11(15-10)12(14)13-8(2)7-9(3)16-13/h5-7,12,14H,4H2,1-3H3. The molecule has 0 aliphatic carbocycles. The highest BCUT2D eigenvalue weighted by molar-refractivity contribution is 7.12. The van der Waals surface area contributed by atoms with Crippen LogP contribution in [-0.2, 0) is 6.42 Å². The fourth-order valence-corrected chi connectivity index (χ4v) is 2.82. The van der Waals surface area contributed by atoms with Crippen LogP contribution < -0.4 is 0 Å². The Morgan fingerprint density at radius 2 is 2.12 bits per heavy atom. The summed E-state index contributed by atoms with van der Waals surface area (Å²) in [5, 5.41) is 10.2. The number of hydrogen-bond donors (Lipinski definition) is 1. The van der Waals surface area contributed by atoms with Crippen LogP contribution in [0.5, 0.6) is 0 Å². The average molecular weight is 236 g/mol. The van der Waals surface area contributed by atoms with Gasteiger partial charge in [0.1, 0.15) is 17.6 Å². The van der Waals surface area contributed by atoms with Crippen molar-refractivity contribution in [2.45, 2.75) is 33.3 Å². The van der Waals surface area contributed by atoms with Crippen LogP contribution >= 0.6 is 11.3 Å². The summed E-state index contributed by atoms with van der Waals surface area (Å²) in [7, 11) is 0. The summed E-state index contributed by atoms with van der Waals surface area (Å²) < 4.78 is 5.57. The summed E-state index contributed by atoms with van der Waals surface area (Å²) in [6.45, 7) is 6.11. The first-order valence-electron chi connectivity index (χ1n) is 5.45. The Morgan fingerprint density at radius 3 is 2.62 bits per heavy atom. The van der Waals surface area contributed by atoms with Gasteiger partial charge in [-0.15, -0.1) is 11.3 Å². The summed E-state index contributed by atoms with van der Waals surface area (Å²) in [6.07, 6.45) is 0.230. The van der Waals surface area contributed by atoms with E-state index in [1.54, 1.807) is 11.3 Å². The molecule has 0 radical (unpaired) electrons. The normalized spacial score (nSPS) is 13.0. The second kappa shape index (κ2) is 4.44. The van der Waals surface area contributed by atoms with E-state index in [0.717, 1.165) is 22.6 Å². The molecule has 2 nitrogen and oxygen atoms in total. The van der Waals surface area contributed by atoms with Gasteiger partial charge in [-0.3, -0.25) is 0 Å². The smallest absolute Gasteiger partial charge is 0.146 e. The summed E-state index contributed by atoms with van der Waals surface area (Å²) in [6, 6.07) is 5.87. The van der Waals surface area contributed by atoms with Gasteiger partial charge in [-0.05, 0) is 37.6 Å². The molecule has 3 heteroatoms. The topological polar surface area (TPSA) is 33.4 Å². The minimum absolute atomic E-state index is 0.626. The molecule has 16 heavy (non-hydrogen) atoms. The van der Waals surface area contributed by atoms with Crippen LogP contribution in [0.25, 0.3) is 0 Å². The van der Waals surface area contributed by atoms with E-state index in [9.17, 15) is 5.11 Å². The van der Waals surface area contributed by atoms with Gasteiger partial charge in [-0.2, -0.15) is 0 Å². The van der Waals surface area contributed by atoms with Gasteiger partial charge in [0.25, 0.3) is 0 Å². The molecule has 1 atom stereocenters. The molecule has 0 saturated carbocycles. The Labute approximate surface area is 99.5 Å². The summed E-state index contributed by atoms with van der Waals surface area (Å²) in [4.78, 5) is 2.20. The van der Waals surface area contributed by atoms with Crippen molar-refractivity contribution in [1.29, 1.82) is 0 Å². The van der Waals surface area contributed by atoms with Gasteiger partial charge in [-0.25, -0.2) is 0 Å². The minimum Gasteiger partial charge on any atom is -0.463 e. The molecule has 1 unspecified atom stereocenters. The molecule has 2 rings (SSSR count). The molecule has 1 N–H and O–H groups in total. The van der Waals surface area contributed by atoms with E-state index in [-0.39, 0.29) is 0 Å². The predicted molar refractivity (Wildman–Crippen MR) is 65.9 cm³/mol. The molecule has 0 aliphatic rings. The van der Waals surface area contributed by atoms with E-state index < -0.39 is 6.10 Å². The molecule has 0 aromatic carbocycles. The van der Waals surface area contributed by atoms with Crippen molar-refractivity contribution in [2.24, 2.45) is 0 Å². The number of aliphatic hydroxyl groups excluding tert-OH is 1. The fourth-order valence-electron chi connectivity index (χ4n) is 1.79. The fraction of sp³-hybridized carbons (Fsp3) is 0.385. The van der Waals surface area contributed by atoms with E-state index in [1.165, 1.54) is 4.88 Å². The second-order valence-electron chi connectivity index (χ2n) is 3.96. The van der Waals surface area contributed by atoms with Crippen LogP contribution in [0.2, 0.25) is 0 Å². The zero-order valence-corrected chi connectivity index (χ0v) is 10.6. The predicted octanol–water partition coefficient (Wildman–Crippen LogP) is 3.60. The molecule has 0 saturated heterocycles. The quantitative estimate of drug-likeness (QED) is 0.883. The van der Waals surface area contributed by atoms with Crippen molar-refractivity contribution in [3.05, 3.63) is 45.0 Å². The third-order valence-corrected chi connectivity index (χ3v) is 3.83. The Kier molecular flexibility index (Phi) is 3.17. The van der Waals surface area contributed by atoms with Crippen molar-refractivity contribution in [1.82, 2.24) is 0 Å². The van der Waals surface area contributed by atoms with Crippen LogP contribution in [-0.4, -0.2) is 5.11 Å². The maximum Gasteiger partial charge on any atom is 0.146 e. The molecule has 0 aliphatic heterocycles. The molecular formula is C13H16O2S. The molecule has 86 valence electrons. The lowest BCUT2D eigenvalue weighted by Gasteiger charge is -2.06. The third kappa shape index (κ3) is 2.06. The van der Waals surface area contributed by atoms with E-state index in [1.807, 2.05) is 32.9 Å². The molecule has 2 aromatic rings. The number of furan rings is 1. The number of rotatable bonds is 3. The highest BCUT2D eigenvalue weighted by Gasteiger charge is 2.18. The monoisotopic (exact) mass is 236 g/mol. The number of aryl methyl sites for hydroxylation is 3. The molecule has 0 bridgehead atoms. The van der Waals surface area contributed by atoms with Crippen molar-refractivity contribution in [2.75, 3.05) is 0 Å². The van der Waals surface area contributed by atoms with Gasteiger partial charge in [0.05, 0.1) is 0 Å². The third-order valence-electron chi connectivity index (χ3n) is 2.63. The van der Waals surface area contributed by atoms with Crippen LogP contribution in [0, 0.1) is 13.8 Å². The van der Waals surface area contributed by atoms with E-state index >= 15 is 0 Å². The molecule has 0 fully saturated rings. The first-order chi connectivity index (χ1) is 7.61. The maximum atomic E-state index is 10.2. The minimum atomic E-state index is -0.626. The lowest BCUT2D eigenvalue weighted by atomic mass is 10.1. The van der Waals surface area contributed by atoms with Gasteiger partial charge in [0.2, 0.25) is 0 Å². The van der Waals surface area contributed by atoms with E-state index in [0.29, 0.717) is 5.76 Å². The summed E-state index contributed by atoms with van der Waals surface area (Å²) in [5.41, 5.74) is 1.13. The van der Waals surface area contributed by atoms with Crippen molar-refractivity contribution in [3.8, 4) is 0 Å². The van der Waals surface area contributed by atoms with E-state index in [2.05, 4.69) is 6.07 Å². The van der Waals surface area contributed by atoms with Crippen LogP contribution in [0.4, 0.5) is 0 Å². The Balaban J connectivity index is 2.31. The Bertz CT molecular complexity index is 482. The number of aliphatic hydroxyl groups is 1. The molecular weight excluding hydrogens is 220 g/mol. The zero-order chi connectivity index (χ0) is 11.7. The van der Waals surface area contributed by atoms with Crippen molar-refractivity contribution < 1.29 is 9.52 Å². The van der Waals surface area contributed by atoms with Gasteiger partial charge < -0.3 is 9.52 Å². The summed E-state index contributed by atoms with van der Waals surface area (Å²) >= 11 is 1.62. The van der Waals surface area contributed by atoms with Crippen LogP contribution in [0.15, 0.2) is 22.6 Å². The largest absolute Gasteiger partial charge is 0.463 e. The Hall–Kier alpha value is -1.06. The van der Waals surface area contributed by atoms with Gasteiger partial charge >= 0.3 is 0 Å². The van der Waals surface area contributed by atoms with Gasteiger partial charge in [0, 0.05) is 16.2 Å². The van der Waals surface area contributed by atoms with Crippen LogP contribution in [0.3, 0.4) is 0 Å². The molecule has 0 amide bonds. The average Bonchev–Trinajstić information content (AvgIpc) is 2.84. The maximum absolute atomic E-state index is 10.2. The summed E-state index contributed by atoms with van der Waals surface area (Å²) in [5.74, 6) is 1.56. The SMILES string of the molecule is CCc1ccc(C(O)c2sc(C)cc2C)o1. The molecule has 0 spiro atoms. The van der Waals surface area contributed by atoms with Crippen molar-refractivity contribution >= 4 is 11.3 Å². The molecule has 2 heterocycles. The molecule has 2 aromatic heterocycles. The van der Waals surface area contributed by atoms with Crippen LogP contribution in [0.1, 0.15) is 39.9 Å². The Morgan fingerprint density at radius 1 is 1.38 bits per heavy atom.